The van der Waals surface area contributed by atoms with Gasteiger partial charge in [-0.05, 0) is 38.5 Å². The van der Waals surface area contributed by atoms with Crippen LogP contribution < -0.4 is 0 Å². The molecule has 0 aliphatic carbocycles. The molecule has 1 heterocycles. The van der Waals surface area contributed by atoms with Crippen molar-refractivity contribution in [2.75, 3.05) is 0 Å². The molecule has 0 aromatic heterocycles. The van der Waals surface area contributed by atoms with E-state index in [1.54, 1.807) is 0 Å². The fourth-order valence-electron chi connectivity index (χ4n) is 2.29. The number of rotatable bonds is 11. The van der Waals surface area contributed by atoms with E-state index in [-0.39, 0.29) is 6.10 Å². The highest BCUT2D eigenvalue weighted by molar-refractivity contribution is 5.08. The first-order chi connectivity index (χ1) is 11.8. The van der Waals surface area contributed by atoms with Crippen molar-refractivity contribution in [3.05, 3.63) is 72.9 Å². The fraction of sp³-hybridized carbons (Fsp3) is 0.455. The van der Waals surface area contributed by atoms with Gasteiger partial charge >= 0.3 is 0 Å². The van der Waals surface area contributed by atoms with E-state index in [0.717, 1.165) is 44.9 Å². The molecule has 0 saturated carbocycles. The Morgan fingerprint density at radius 3 is 1.79 bits per heavy atom. The summed E-state index contributed by atoms with van der Waals surface area (Å²) in [6.45, 7) is 2.15. The molecular weight excluding hydrogens is 296 g/mol. The molecule has 0 aromatic carbocycles. The standard InChI is InChI=1S/C22H32O2/c1-2-3-4-5-6-7-8-9-10-11-12-13-14-15-16-17-18-21-19-20-22(23)24-21/h3-4,6-7,9-10,12-13,15-18,21-23H,2,5,8,11,14,19-20H2,1H3/b4-3-,7-6-,10-9-,13-12-,16-15-,18-17+. The molecule has 0 amide bonds. The third kappa shape index (κ3) is 11.9. The van der Waals surface area contributed by atoms with E-state index in [2.05, 4.69) is 61.6 Å². The second-order valence-corrected chi connectivity index (χ2v) is 5.76. The summed E-state index contributed by atoms with van der Waals surface area (Å²) in [5, 5.41) is 9.24. The average molecular weight is 328 g/mol. The van der Waals surface area contributed by atoms with Gasteiger partial charge in [0, 0.05) is 6.42 Å². The summed E-state index contributed by atoms with van der Waals surface area (Å²) in [5.41, 5.74) is 0. The first-order valence-electron chi connectivity index (χ1n) is 9.09. The number of hydrogen-bond acceptors (Lipinski definition) is 2. The lowest BCUT2D eigenvalue weighted by Crippen LogP contribution is -2.06. The summed E-state index contributed by atoms with van der Waals surface area (Å²) in [6, 6.07) is 0. The van der Waals surface area contributed by atoms with Crippen LogP contribution in [0.5, 0.6) is 0 Å². The highest BCUT2D eigenvalue weighted by atomic mass is 16.6. The van der Waals surface area contributed by atoms with E-state index in [9.17, 15) is 5.11 Å². The molecule has 132 valence electrons. The van der Waals surface area contributed by atoms with Gasteiger partial charge in [0.2, 0.25) is 0 Å². The van der Waals surface area contributed by atoms with E-state index in [1.165, 1.54) is 0 Å². The Hall–Kier alpha value is -1.64. The lowest BCUT2D eigenvalue weighted by Gasteiger charge is -2.02. The number of ether oxygens (including phenoxy) is 1. The second kappa shape index (κ2) is 14.9. The van der Waals surface area contributed by atoms with E-state index in [1.807, 2.05) is 18.2 Å². The predicted molar refractivity (Wildman–Crippen MR) is 104 cm³/mol. The van der Waals surface area contributed by atoms with Crippen LogP contribution in [0.25, 0.3) is 0 Å². The Morgan fingerprint density at radius 2 is 1.29 bits per heavy atom. The van der Waals surface area contributed by atoms with Crippen molar-refractivity contribution in [1.82, 2.24) is 0 Å². The highest BCUT2D eigenvalue weighted by Crippen LogP contribution is 2.18. The minimum atomic E-state index is -0.576. The van der Waals surface area contributed by atoms with Gasteiger partial charge in [0.1, 0.15) is 0 Å². The molecule has 1 rings (SSSR count). The smallest absolute Gasteiger partial charge is 0.155 e. The Kier molecular flexibility index (Phi) is 12.7. The lowest BCUT2D eigenvalue weighted by molar-refractivity contribution is -0.0777. The van der Waals surface area contributed by atoms with E-state index in [0.29, 0.717) is 0 Å². The summed E-state index contributed by atoms with van der Waals surface area (Å²) in [7, 11) is 0. The maximum absolute atomic E-state index is 9.24. The molecule has 0 spiro atoms. The molecular formula is C22H32O2. The number of aliphatic hydroxyl groups is 1. The lowest BCUT2D eigenvalue weighted by atomic mass is 10.2. The van der Waals surface area contributed by atoms with E-state index in [4.69, 9.17) is 4.74 Å². The molecule has 1 aliphatic rings. The number of hydrogen-bond donors (Lipinski definition) is 1. The van der Waals surface area contributed by atoms with Gasteiger partial charge in [-0.1, -0.05) is 79.8 Å². The van der Waals surface area contributed by atoms with Crippen molar-refractivity contribution < 1.29 is 9.84 Å². The normalized spacial score (nSPS) is 22.8. The zero-order chi connectivity index (χ0) is 17.3. The average Bonchev–Trinajstić information content (AvgIpc) is 3.00. The predicted octanol–water partition coefficient (Wildman–Crippen LogP) is 5.79. The minimum absolute atomic E-state index is 0.0713. The van der Waals surface area contributed by atoms with Crippen LogP contribution in [0.3, 0.4) is 0 Å². The second-order valence-electron chi connectivity index (χ2n) is 5.76. The molecule has 2 nitrogen and oxygen atoms in total. The molecule has 1 fully saturated rings. The monoisotopic (exact) mass is 328 g/mol. The molecule has 2 unspecified atom stereocenters. The van der Waals surface area contributed by atoms with E-state index < -0.39 is 6.29 Å². The molecule has 1 aliphatic heterocycles. The maximum Gasteiger partial charge on any atom is 0.155 e. The van der Waals surface area contributed by atoms with Gasteiger partial charge in [0.25, 0.3) is 0 Å². The summed E-state index contributed by atoms with van der Waals surface area (Å²) in [6.07, 6.45) is 32.0. The van der Waals surface area contributed by atoms with Crippen LogP contribution >= 0.6 is 0 Å². The molecule has 1 N–H and O–H groups in total. The third-order valence-corrected chi connectivity index (χ3v) is 3.59. The van der Waals surface area contributed by atoms with Crippen molar-refractivity contribution >= 4 is 0 Å². The third-order valence-electron chi connectivity index (χ3n) is 3.59. The Morgan fingerprint density at radius 1 is 0.750 bits per heavy atom. The van der Waals surface area contributed by atoms with Crippen LogP contribution in [0.1, 0.15) is 51.9 Å². The largest absolute Gasteiger partial charge is 0.368 e. The zero-order valence-corrected chi connectivity index (χ0v) is 14.9. The Bertz CT molecular complexity index is 466. The van der Waals surface area contributed by atoms with Crippen LogP contribution in [0.15, 0.2) is 72.9 Å². The van der Waals surface area contributed by atoms with Crippen LogP contribution in [0, 0.1) is 0 Å². The molecule has 2 atom stereocenters. The topological polar surface area (TPSA) is 29.5 Å². The first-order valence-corrected chi connectivity index (χ1v) is 9.09. The molecule has 24 heavy (non-hydrogen) atoms. The summed E-state index contributed by atoms with van der Waals surface area (Å²) in [4.78, 5) is 0. The summed E-state index contributed by atoms with van der Waals surface area (Å²) in [5.74, 6) is 0. The maximum atomic E-state index is 9.24. The van der Waals surface area contributed by atoms with Crippen molar-refractivity contribution in [3.63, 3.8) is 0 Å². The SMILES string of the molecule is CC/C=C\C/C=C\C/C=C\C/C=C\C/C=C\C=C\C1CCC(O)O1. The minimum Gasteiger partial charge on any atom is -0.368 e. The van der Waals surface area contributed by atoms with Gasteiger partial charge in [-0.15, -0.1) is 0 Å². The Balaban J connectivity index is 1.99. The molecule has 0 bridgehead atoms. The quantitative estimate of drug-likeness (QED) is 0.384. The van der Waals surface area contributed by atoms with Gasteiger partial charge < -0.3 is 9.84 Å². The number of aliphatic hydroxyl groups excluding tert-OH is 1. The number of allylic oxidation sites excluding steroid dienone is 11. The van der Waals surface area contributed by atoms with Crippen LogP contribution in [-0.4, -0.2) is 17.5 Å². The van der Waals surface area contributed by atoms with Gasteiger partial charge in [-0.2, -0.15) is 0 Å². The van der Waals surface area contributed by atoms with Gasteiger partial charge in [0.15, 0.2) is 6.29 Å². The van der Waals surface area contributed by atoms with Gasteiger partial charge in [0.05, 0.1) is 6.10 Å². The van der Waals surface area contributed by atoms with Gasteiger partial charge in [-0.25, -0.2) is 0 Å². The van der Waals surface area contributed by atoms with Crippen LogP contribution in [0.4, 0.5) is 0 Å². The molecule has 0 aromatic rings. The molecule has 1 saturated heterocycles. The van der Waals surface area contributed by atoms with Crippen LogP contribution in [0.2, 0.25) is 0 Å². The fourth-order valence-corrected chi connectivity index (χ4v) is 2.29. The van der Waals surface area contributed by atoms with Crippen molar-refractivity contribution in [1.29, 1.82) is 0 Å². The summed E-state index contributed by atoms with van der Waals surface area (Å²) < 4.78 is 5.29. The molecule has 2 heteroatoms. The Labute approximate surface area is 147 Å². The zero-order valence-electron chi connectivity index (χ0n) is 14.9. The summed E-state index contributed by atoms with van der Waals surface area (Å²) >= 11 is 0. The first kappa shape index (κ1) is 20.4. The van der Waals surface area contributed by atoms with Crippen molar-refractivity contribution in [3.8, 4) is 0 Å². The highest BCUT2D eigenvalue weighted by Gasteiger charge is 2.19. The van der Waals surface area contributed by atoms with E-state index >= 15 is 0 Å². The van der Waals surface area contributed by atoms with Crippen LogP contribution in [-0.2, 0) is 4.74 Å². The van der Waals surface area contributed by atoms with Gasteiger partial charge in [-0.3, -0.25) is 0 Å². The van der Waals surface area contributed by atoms with Crippen molar-refractivity contribution in [2.45, 2.75) is 64.3 Å². The van der Waals surface area contributed by atoms with Crippen molar-refractivity contribution in [2.24, 2.45) is 0 Å². The molecule has 0 radical (unpaired) electrons.